The molecule has 3 rings (SSSR count). The fourth-order valence-electron chi connectivity index (χ4n) is 3.24. The third-order valence-corrected chi connectivity index (χ3v) is 5.99. The van der Waals surface area contributed by atoms with Gasteiger partial charge in [0, 0.05) is 12.2 Å². The number of nitrogens with zero attached hydrogens (tertiary/aromatic N) is 3. The van der Waals surface area contributed by atoms with Gasteiger partial charge in [-0.3, -0.25) is 4.79 Å². The molecule has 3 aromatic rings. The summed E-state index contributed by atoms with van der Waals surface area (Å²) in [6.07, 6.45) is -5.13. The van der Waals surface area contributed by atoms with Crippen LogP contribution in [0.4, 0.5) is 23.2 Å². The first-order valence-corrected chi connectivity index (χ1v) is 11.8. The number of benzene rings is 2. The number of amides is 1. The molecule has 0 radical (unpaired) electrons. The van der Waals surface area contributed by atoms with E-state index in [1.807, 2.05) is 18.4 Å². The van der Waals surface area contributed by atoms with Crippen molar-refractivity contribution in [2.75, 3.05) is 5.32 Å². The first-order chi connectivity index (χ1) is 16.5. The molecule has 0 spiro atoms. The molecule has 0 saturated heterocycles. The smallest absolute Gasteiger partial charge is 0.416 e. The molecule has 0 bridgehead atoms. The second-order valence-corrected chi connectivity index (χ2v) is 9.67. The van der Waals surface area contributed by atoms with Gasteiger partial charge in [-0.25, -0.2) is 4.39 Å². The van der Waals surface area contributed by atoms with E-state index in [1.54, 1.807) is 26.0 Å². The van der Waals surface area contributed by atoms with E-state index in [4.69, 9.17) is 4.74 Å². The summed E-state index contributed by atoms with van der Waals surface area (Å²) in [6, 6.07) is 10.5. The van der Waals surface area contributed by atoms with Crippen molar-refractivity contribution in [2.45, 2.75) is 56.9 Å². The zero-order chi connectivity index (χ0) is 25.8. The summed E-state index contributed by atoms with van der Waals surface area (Å²) in [5.74, 6) is -0.217. The Morgan fingerprint density at radius 3 is 2.46 bits per heavy atom. The van der Waals surface area contributed by atoms with Gasteiger partial charge in [0.2, 0.25) is 5.91 Å². The van der Waals surface area contributed by atoms with Crippen molar-refractivity contribution in [1.29, 1.82) is 0 Å². The maximum Gasteiger partial charge on any atom is 0.416 e. The van der Waals surface area contributed by atoms with Crippen LogP contribution < -0.4 is 10.1 Å². The Morgan fingerprint density at radius 2 is 1.80 bits per heavy atom. The number of alkyl halides is 3. The number of anilines is 1. The lowest BCUT2D eigenvalue weighted by atomic mass is 10.2. The van der Waals surface area contributed by atoms with Crippen LogP contribution in [0.5, 0.6) is 5.75 Å². The second-order valence-electron chi connectivity index (χ2n) is 8.36. The van der Waals surface area contributed by atoms with Crippen LogP contribution in [-0.4, -0.2) is 25.9 Å². The van der Waals surface area contributed by atoms with Crippen LogP contribution >= 0.6 is 11.8 Å². The molecule has 0 aliphatic rings. The lowest BCUT2D eigenvalue weighted by Crippen LogP contribution is -2.23. The van der Waals surface area contributed by atoms with E-state index in [0.717, 1.165) is 23.9 Å². The fourth-order valence-corrected chi connectivity index (χ4v) is 4.10. The fraction of sp³-hybridized carbons (Fsp3) is 0.375. The monoisotopic (exact) mass is 510 g/mol. The Labute approximate surface area is 205 Å². The number of carbonyl (C=O) groups is 1. The largest absolute Gasteiger partial charge is 0.480 e. The molecule has 1 N–H and O–H groups in total. The Balaban J connectivity index is 1.76. The molecule has 11 heteroatoms. The van der Waals surface area contributed by atoms with Crippen LogP contribution in [0, 0.1) is 11.7 Å². The standard InChI is InChI=1S/C24H26F4N4O2S/c1-14(2)13-32-21(15(3)34-20-11-6-5-10-19(20)25)30-31-23(32)35-16(4)22(33)29-18-9-7-8-17(12-18)24(26,27)28/h5-12,14-16H,13H2,1-4H3,(H,29,33). The quantitative estimate of drug-likeness (QED) is 0.268. The molecule has 1 amide bonds. The molecule has 0 saturated carbocycles. The van der Waals surface area contributed by atoms with Gasteiger partial charge >= 0.3 is 6.18 Å². The molecule has 0 aliphatic heterocycles. The van der Waals surface area contributed by atoms with Gasteiger partial charge in [0.1, 0.15) is 0 Å². The summed E-state index contributed by atoms with van der Waals surface area (Å²) < 4.78 is 60.5. The number of thioether (sulfide) groups is 1. The molecule has 6 nitrogen and oxygen atoms in total. The molecule has 1 heterocycles. The minimum atomic E-state index is -4.51. The zero-order valence-electron chi connectivity index (χ0n) is 19.6. The summed E-state index contributed by atoms with van der Waals surface area (Å²) in [5, 5.41) is 10.7. The third-order valence-electron chi connectivity index (χ3n) is 4.91. The Bertz CT molecular complexity index is 1170. The van der Waals surface area contributed by atoms with E-state index in [9.17, 15) is 22.4 Å². The van der Waals surface area contributed by atoms with Crippen LogP contribution in [0.2, 0.25) is 0 Å². The number of rotatable bonds is 9. The van der Waals surface area contributed by atoms with Crippen molar-refractivity contribution in [3.63, 3.8) is 0 Å². The van der Waals surface area contributed by atoms with Gasteiger partial charge in [-0.1, -0.05) is 43.8 Å². The van der Waals surface area contributed by atoms with E-state index >= 15 is 0 Å². The minimum absolute atomic E-state index is 0.0496. The third kappa shape index (κ3) is 6.97. The number of aromatic nitrogens is 3. The van der Waals surface area contributed by atoms with E-state index < -0.39 is 34.8 Å². The number of nitrogens with one attached hydrogen (secondary N) is 1. The lowest BCUT2D eigenvalue weighted by Gasteiger charge is -2.19. The van der Waals surface area contributed by atoms with E-state index in [-0.39, 0.29) is 17.4 Å². The van der Waals surface area contributed by atoms with Gasteiger partial charge in [-0.05, 0) is 50.1 Å². The van der Waals surface area contributed by atoms with Gasteiger partial charge in [-0.15, -0.1) is 10.2 Å². The van der Waals surface area contributed by atoms with Crippen LogP contribution in [0.1, 0.15) is 45.2 Å². The molecule has 0 fully saturated rings. The number of carbonyl (C=O) groups excluding carboxylic acids is 1. The summed E-state index contributed by atoms with van der Waals surface area (Å²) in [5.41, 5.74) is -0.797. The molecule has 2 unspecified atom stereocenters. The summed E-state index contributed by atoms with van der Waals surface area (Å²) in [6.45, 7) is 7.89. The number of para-hydroxylation sites is 1. The molecule has 35 heavy (non-hydrogen) atoms. The van der Waals surface area contributed by atoms with Crippen molar-refractivity contribution < 1.29 is 27.1 Å². The predicted octanol–water partition coefficient (Wildman–Crippen LogP) is 6.35. The van der Waals surface area contributed by atoms with Crippen molar-refractivity contribution in [3.05, 3.63) is 65.7 Å². The second kappa shape index (κ2) is 11.1. The highest BCUT2D eigenvalue weighted by Gasteiger charge is 2.31. The number of hydrogen-bond donors (Lipinski definition) is 1. The summed E-state index contributed by atoms with van der Waals surface area (Å²) in [7, 11) is 0. The highest BCUT2D eigenvalue weighted by molar-refractivity contribution is 8.00. The molecular weight excluding hydrogens is 484 g/mol. The summed E-state index contributed by atoms with van der Waals surface area (Å²) >= 11 is 1.12. The maximum absolute atomic E-state index is 14.0. The Hall–Kier alpha value is -3.08. The highest BCUT2D eigenvalue weighted by atomic mass is 32.2. The Morgan fingerprint density at radius 1 is 1.09 bits per heavy atom. The average Bonchev–Trinajstić information content (AvgIpc) is 3.16. The van der Waals surface area contributed by atoms with Crippen molar-refractivity contribution in [2.24, 2.45) is 5.92 Å². The van der Waals surface area contributed by atoms with Crippen molar-refractivity contribution in [1.82, 2.24) is 14.8 Å². The van der Waals surface area contributed by atoms with Crippen LogP contribution in [0.25, 0.3) is 0 Å². The molecule has 2 aromatic carbocycles. The van der Waals surface area contributed by atoms with E-state index in [2.05, 4.69) is 15.5 Å². The number of ether oxygens (including phenoxy) is 1. The normalized spacial score (nSPS) is 13.5. The molecular formula is C24H26F4N4O2S. The van der Waals surface area contributed by atoms with Crippen molar-refractivity contribution in [3.8, 4) is 5.75 Å². The predicted molar refractivity (Wildman–Crippen MR) is 126 cm³/mol. The van der Waals surface area contributed by atoms with Gasteiger partial charge in [0.15, 0.2) is 28.7 Å². The SMILES string of the molecule is CC(C)Cn1c(SC(C)C(=O)Nc2cccc(C(F)(F)F)c2)nnc1C(C)Oc1ccccc1F. The zero-order valence-corrected chi connectivity index (χ0v) is 20.5. The van der Waals surface area contributed by atoms with Crippen LogP contribution in [0.15, 0.2) is 53.7 Å². The number of hydrogen-bond acceptors (Lipinski definition) is 5. The molecule has 0 aliphatic carbocycles. The average molecular weight is 511 g/mol. The minimum Gasteiger partial charge on any atom is -0.480 e. The van der Waals surface area contributed by atoms with E-state index in [1.165, 1.54) is 24.3 Å². The first-order valence-electron chi connectivity index (χ1n) is 10.9. The first kappa shape index (κ1) is 26.5. The van der Waals surface area contributed by atoms with Gasteiger partial charge in [0.25, 0.3) is 0 Å². The van der Waals surface area contributed by atoms with E-state index in [0.29, 0.717) is 17.5 Å². The topological polar surface area (TPSA) is 69.0 Å². The summed E-state index contributed by atoms with van der Waals surface area (Å²) in [4.78, 5) is 12.7. The number of halogens is 4. The maximum atomic E-state index is 14.0. The van der Waals surface area contributed by atoms with Gasteiger partial charge in [-0.2, -0.15) is 13.2 Å². The molecule has 2 atom stereocenters. The van der Waals surface area contributed by atoms with Crippen molar-refractivity contribution >= 4 is 23.4 Å². The Kier molecular flexibility index (Phi) is 8.42. The molecule has 1 aromatic heterocycles. The highest BCUT2D eigenvalue weighted by Crippen LogP contribution is 2.32. The van der Waals surface area contributed by atoms with Gasteiger partial charge < -0.3 is 14.6 Å². The van der Waals surface area contributed by atoms with Gasteiger partial charge in [0.05, 0.1) is 10.8 Å². The lowest BCUT2D eigenvalue weighted by molar-refractivity contribution is -0.137. The van der Waals surface area contributed by atoms with Crippen LogP contribution in [0.3, 0.4) is 0 Å². The van der Waals surface area contributed by atoms with Crippen LogP contribution in [-0.2, 0) is 17.5 Å². The molecule has 188 valence electrons.